The van der Waals surface area contributed by atoms with Crippen molar-refractivity contribution in [3.63, 3.8) is 0 Å². The fraction of sp³-hybridized carbons (Fsp3) is 0.111. The molecule has 0 bridgehead atoms. The van der Waals surface area contributed by atoms with E-state index >= 15 is 0 Å². The highest BCUT2D eigenvalue weighted by molar-refractivity contribution is 6.08. The van der Waals surface area contributed by atoms with Crippen LogP contribution >= 0.6 is 0 Å². The van der Waals surface area contributed by atoms with Gasteiger partial charge in [0.1, 0.15) is 5.58 Å². The predicted molar refractivity (Wildman–Crippen MR) is 84.2 cm³/mol. The van der Waals surface area contributed by atoms with E-state index in [0.29, 0.717) is 16.9 Å². The van der Waals surface area contributed by atoms with Crippen LogP contribution in [0.3, 0.4) is 0 Å². The maximum absolute atomic E-state index is 8.25. The van der Waals surface area contributed by atoms with E-state index in [0.717, 1.165) is 16.5 Å². The number of rotatable bonds is 1. The molecule has 3 heteroatoms. The molecule has 102 valence electrons. The molecule has 0 saturated carbocycles. The number of fused-ring (bicyclic) bond motifs is 3. The Kier molecular flexibility index (Phi) is 1.55. The summed E-state index contributed by atoms with van der Waals surface area (Å²) >= 11 is 0. The van der Waals surface area contributed by atoms with Crippen LogP contribution in [-0.2, 0) is 0 Å². The smallest absolute Gasteiger partial charge is 0.227 e. The molecule has 0 amide bonds. The molecule has 0 N–H and O–H groups in total. The summed E-state index contributed by atoms with van der Waals surface area (Å²) in [6, 6.07) is 8.18. The van der Waals surface area contributed by atoms with Gasteiger partial charge in [0.25, 0.3) is 0 Å². The van der Waals surface area contributed by atoms with Crippen LogP contribution in [0.15, 0.2) is 53.0 Å². The molecule has 0 fully saturated rings. The normalized spacial score (nSPS) is 16.0. The third-order valence-electron chi connectivity index (χ3n) is 3.34. The standard InChI is InChI=1S/C18H14N2O/c1-11-6-9-16(19-10-11)15-5-3-4-13-14-8-7-12(2)20-18(14)21-17(13)15/h3-10H,1-2H3/i1D3,6D,9D,10D. The van der Waals surface area contributed by atoms with Crippen molar-refractivity contribution in [3.8, 4) is 11.3 Å². The summed E-state index contributed by atoms with van der Waals surface area (Å²) in [5, 5.41) is 1.58. The highest BCUT2D eigenvalue weighted by atomic mass is 16.3. The molecule has 0 atom stereocenters. The second-order valence-corrected chi connectivity index (χ2v) is 4.79. The van der Waals surface area contributed by atoms with Crippen LogP contribution in [0.5, 0.6) is 0 Å². The molecule has 3 aromatic heterocycles. The molecule has 0 unspecified atom stereocenters. The van der Waals surface area contributed by atoms with Gasteiger partial charge in [-0.3, -0.25) is 4.98 Å². The topological polar surface area (TPSA) is 38.9 Å². The molecule has 1 aromatic carbocycles. The van der Waals surface area contributed by atoms with Crippen LogP contribution in [0.1, 0.15) is 19.5 Å². The summed E-state index contributed by atoms with van der Waals surface area (Å²) in [5.74, 6) is 0. The lowest BCUT2D eigenvalue weighted by atomic mass is 10.1. The van der Waals surface area contributed by atoms with Crippen molar-refractivity contribution in [2.24, 2.45) is 0 Å². The average Bonchev–Trinajstić information content (AvgIpc) is 2.94. The van der Waals surface area contributed by atoms with Gasteiger partial charge in [0.05, 0.1) is 9.81 Å². The van der Waals surface area contributed by atoms with Gasteiger partial charge in [-0.05, 0) is 43.6 Å². The van der Waals surface area contributed by atoms with Crippen molar-refractivity contribution in [1.29, 1.82) is 0 Å². The van der Waals surface area contributed by atoms with E-state index < -0.39 is 24.6 Å². The number of furan rings is 1. The number of aryl methyl sites for hydroxylation is 1. The maximum Gasteiger partial charge on any atom is 0.227 e. The fourth-order valence-corrected chi connectivity index (χ4v) is 2.37. The molecule has 0 aliphatic carbocycles. The number of hydrogen-bond donors (Lipinski definition) is 0. The van der Waals surface area contributed by atoms with E-state index in [1.54, 1.807) is 12.1 Å². The van der Waals surface area contributed by atoms with Crippen molar-refractivity contribution < 1.29 is 12.6 Å². The molecule has 0 aliphatic heterocycles. The third kappa shape index (κ3) is 1.89. The van der Waals surface area contributed by atoms with Crippen LogP contribution in [0.4, 0.5) is 0 Å². The van der Waals surface area contributed by atoms with Gasteiger partial charge >= 0.3 is 0 Å². The van der Waals surface area contributed by atoms with E-state index in [4.69, 9.17) is 12.6 Å². The lowest BCUT2D eigenvalue weighted by Gasteiger charge is -2.01. The first-order valence-corrected chi connectivity index (χ1v) is 6.46. The summed E-state index contributed by atoms with van der Waals surface area (Å²) in [5.41, 5.74) is 1.62. The maximum atomic E-state index is 8.25. The molecule has 4 aromatic rings. The van der Waals surface area contributed by atoms with Gasteiger partial charge in [-0.15, -0.1) is 0 Å². The minimum Gasteiger partial charge on any atom is -0.437 e. The quantitative estimate of drug-likeness (QED) is 0.509. The van der Waals surface area contributed by atoms with Gasteiger partial charge in [-0.1, -0.05) is 18.2 Å². The van der Waals surface area contributed by atoms with Crippen LogP contribution in [0, 0.1) is 13.8 Å². The SMILES string of the molecule is [2H]c1nc(-c2cccc3c2oc2nc(C)ccc23)c([2H])c([2H])c1C([2H])([2H])[2H]. The minimum absolute atomic E-state index is 0.0411. The van der Waals surface area contributed by atoms with Crippen molar-refractivity contribution >= 4 is 22.1 Å². The van der Waals surface area contributed by atoms with Crippen molar-refractivity contribution in [1.82, 2.24) is 9.97 Å². The van der Waals surface area contributed by atoms with Crippen LogP contribution < -0.4 is 0 Å². The molecule has 3 heterocycles. The Labute approximate surface area is 130 Å². The summed E-state index contributed by atoms with van der Waals surface area (Å²) in [4.78, 5) is 8.40. The van der Waals surface area contributed by atoms with Gasteiger partial charge in [0, 0.05) is 32.3 Å². The number of hydrogen-bond acceptors (Lipinski definition) is 3. The Morgan fingerprint density at radius 3 is 3.00 bits per heavy atom. The predicted octanol–water partition coefficient (Wildman–Crippen LogP) is 4.66. The highest BCUT2D eigenvalue weighted by Crippen LogP contribution is 2.34. The zero-order valence-corrected chi connectivity index (χ0v) is 11.2. The van der Waals surface area contributed by atoms with E-state index in [-0.39, 0.29) is 11.7 Å². The van der Waals surface area contributed by atoms with E-state index in [9.17, 15) is 0 Å². The molecule has 21 heavy (non-hydrogen) atoms. The number of para-hydroxylation sites is 1. The van der Waals surface area contributed by atoms with Crippen molar-refractivity contribution in [2.75, 3.05) is 0 Å². The van der Waals surface area contributed by atoms with Crippen LogP contribution in [-0.4, -0.2) is 9.97 Å². The Morgan fingerprint density at radius 2 is 2.10 bits per heavy atom. The Morgan fingerprint density at radius 1 is 1.14 bits per heavy atom. The summed E-state index contributed by atoms with van der Waals surface area (Å²) in [6.07, 6.45) is -0.534. The molecule has 3 nitrogen and oxygen atoms in total. The summed E-state index contributed by atoms with van der Waals surface area (Å²) in [6.45, 7) is -0.828. The molecule has 4 rings (SSSR count). The molecule has 0 saturated heterocycles. The number of aromatic nitrogens is 2. The first-order valence-electron chi connectivity index (χ1n) is 9.46. The highest BCUT2D eigenvalue weighted by Gasteiger charge is 2.13. The average molecular weight is 280 g/mol. The summed E-state index contributed by atoms with van der Waals surface area (Å²) in [7, 11) is 0. The Hall–Kier alpha value is -2.68. The van der Waals surface area contributed by atoms with Gasteiger partial charge in [0.15, 0.2) is 0 Å². The monoisotopic (exact) mass is 280 g/mol. The first kappa shape index (κ1) is 7.36. The number of nitrogens with zero attached hydrogens (tertiary/aromatic N) is 2. The molecule has 0 spiro atoms. The first-order chi connectivity index (χ1) is 12.7. The van der Waals surface area contributed by atoms with Crippen molar-refractivity contribution in [3.05, 3.63) is 59.8 Å². The van der Waals surface area contributed by atoms with E-state index in [1.807, 2.05) is 25.1 Å². The molecule has 0 aliphatic rings. The second kappa shape index (κ2) is 4.42. The molecule has 0 radical (unpaired) electrons. The van der Waals surface area contributed by atoms with E-state index in [1.165, 1.54) is 0 Å². The minimum atomic E-state index is -2.68. The zero-order valence-electron chi connectivity index (χ0n) is 17.2. The largest absolute Gasteiger partial charge is 0.437 e. The zero-order chi connectivity index (χ0) is 19.5. The van der Waals surface area contributed by atoms with Crippen molar-refractivity contribution in [2.45, 2.75) is 13.8 Å². The lowest BCUT2D eigenvalue weighted by molar-refractivity contribution is 0.653. The molecular formula is C18H14N2O. The lowest BCUT2D eigenvalue weighted by Crippen LogP contribution is -1.84. The number of benzene rings is 1. The number of pyridine rings is 2. The van der Waals surface area contributed by atoms with Gasteiger partial charge < -0.3 is 4.42 Å². The Balaban J connectivity index is 2.05. The van der Waals surface area contributed by atoms with Gasteiger partial charge in [-0.2, -0.15) is 0 Å². The third-order valence-corrected chi connectivity index (χ3v) is 3.34. The summed E-state index contributed by atoms with van der Waals surface area (Å²) < 4.78 is 52.7. The van der Waals surface area contributed by atoms with Gasteiger partial charge in [-0.25, -0.2) is 4.98 Å². The second-order valence-electron chi connectivity index (χ2n) is 4.79. The van der Waals surface area contributed by atoms with Gasteiger partial charge in [0.2, 0.25) is 5.71 Å². The van der Waals surface area contributed by atoms with Crippen LogP contribution in [0.25, 0.3) is 33.3 Å². The molecular weight excluding hydrogens is 260 g/mol. The fourth-order valence-electron chi connectivity index (χ4n) is 2.37. The van der Waals surface area contributed by atoms with E-state index in [2.05, 4.69) is 9.97 Å². The Bertz CT molecular complexity index is 1210. The van der Waals surface area contributed by atoms with Crippen LogP contribution in [0.2, 0.25) is 0 Å².